The van der Waals surface area contributed by atoms with Crippen LogP contribution in [0.4, 0.5) is 18.9 Å². The molecule has 0 spiro atoms. The number of benzene rings is 2. The molecule has 0 saturated carbocycles. The number of rotatable bonds is 8. The molecule has 8 nitrogen and oxygen atoms in total. The van der Waals surface area contributed by atoms with E-state index in [0.717, 1.165) is 24.3 Å². The zero-order valence-corrected chi connectivity index (χ0v) is 19.9. The molecule has 3 rings (SSSR count). The third kappa shape index (κ3) is 5.73. The summed E-state index contributed by atoms with van der Waals surface area (Å²) < 4.78 is 59.7. The van der Waals surface area contributed by atoms with Gasteiger partial charge in [-0.1, -0.05) is 0 Å². The predicted octanol–water partition coefficient (Wildman–Crippen LogP) is 4.86. The Bertz CT molecular complexity index is 1280. The van der Waals surface area contributed by atoms with Crippen molar-refractivity contribution in [2.75, 3.05) is 26.6 Å². The van der Waals surface area contributed by atoms with Crippen LogP contribution in [0.15, 0.2) is 51.7 Å². The number of ether oxygens (including phenoxy) is 3. The first-order valence-corrected chi connectivity index (χ1v) is 10.6. The molecule has 1 aromatic heterocycles. The molecule has 2 N–H and O–H groups in total. The Hall–Kier alpha value is -4.15. The number of carbonyl (C=O) groups is 1. The Balaban J connectivity index is 2.04. The third-order valence-corrected chi connectivity index (χ3v) is 5.41. The van der Waals surface area contributed by atoms with Crippen LogP contribution >= 0.6 is 0 Å². The summed E-state index contributed by atoms with van der Waals surface area (Å²) in [6.45, 7) is 1.48. The van der Waals surface area contributed by atoms with Gasteiger partial charge in [-0.25, -0.2) is 4.79 Å². The summed E-state index contributed by atoms with van der Waals surface area (Å²) in [5.74, 6) is -1.12. The number of methoxy groups -OCH3 is 3. The minimum Gasteiger partial charge on any atom is -0.507 e. The van der Waals surface area contributed by atoms with Gasteiger partial charge in [-0.15, -0.1) is 0 Å². The van der Waals surface area contributed by atoms with E-state index < -0.39 is 29.2 Å². The lowest BCUT2D eigenvalue weighted by atomic mass is 9.88. The van der Waals surface area contributed by atoms with Gasteiger partial charge >= 0.3 is 11.8 Å². The molecule has 1 atom stereocenters. The predicted molar refractivity (Wildman–Crippen MR) is 124 cm³/mol. The standard InChI is InChI=1S/C25H24F3NO7/c1-13-9-18(30)22(24(32)36-13)17(14-10-19(33-2)23(35-4)20(11-14)34-3)12-21(31)29-16-7-5-15(6-8-16)25(26,27)28/h5-11,17,30H,12H2,1-4H3,(H,29,31)/t17-/m0/s1. The van der Waals surface area contributed by atoms with E-state index in [4.69, 9.17) is 18.6 Å². The van der Waals surface area contributed by atoms with E-state index in [9.17, 15) is 27.9 Å². The van der Waals surface area contributed by atoms with Crippen molar-refractivity contribution in [2.45, 2.75) is 25.4 Å². The highest BCUT2D eigenvalue weighted by atomic mass is 19.4. The largest absolute Gasteiger partial charge is 0.507 e. The van der Waals surface area contributed by atoms with Crippen LogP contribution in [0, 0.1) is 6.92 Å². The van der Waals surface area contributed by atoms with E-state index in [1.54, 1.807) is 0 Å². The summed E-state index contributed by atoms with van der Waals surface area (Å²) >= 11 is 0. The molecule has 1 heterocycles. The molecule has 0 radical (unpaired) electrons. The first-order valence-electron chi connectivity index (χ1n) is 10.6. The maximum Gasteiger partial charge on any atom is 0.416 e. The first-order chi connectivity index (χ1) is 17.0. The molecule has 0 fully saturated rings. The molecule has 0 saturated heterocycles. The van der Waals surface area contributed by atoms with Crippen molar-refractivity contribution in [2.24, 2.45) is 0 Å². The number of alkyl halides is 3. The topological polar surface area (TPSA) is 107 Å². The normalized spacial score (nSPS) is 12.1. The van der Waals surface area contributed by atoms with E-state index in [1.165, 1.54) is 46.5 Å². The maximum absolute atomic E-state index is 12.9. The Morgan fingerprint density at radius 3 is 2.08 bits per heavy atom. The molecule has 0 aliphatic rings. The van der Waals surface area contributed by atoms with Crippen molar-refractivity contribution in [3.05, 3.63) is 75.3 Å². The van der Waals surface area contributed by atoms with Crippen LogP contribution in [0.5, 0.6) is 23.0 Å². The fourth-order valence-electron chi connectivity index (χ4n) is 3.76. The molecular formula is C25H24F3NO7. The average molecular weight is 507 g/mol. The Kier molecular flexibility index (Phi) is 7.81. The second-order valence-electron chi connectivity index (χ2n) is 7.78. The number of halogens is 3. The Labute approximate surface area is 204 Å². The van der Waals surface area contributed by atoms with Crippen LogP contribution < -0.4 is 25.2 Å². The summed E-state index contributed by atoms with van der Waals surface area (Å²) in [6.07, 6.45) is -4.89. The quantitative estimate of drug-likeness (QED) is 0.449. The van der Waals surface area contributed by atoms with Gasteiger partial charge in [0.15, 0.2) is 11.5 Å². The van der Waals surface area contributed by atoms with E-state index in [2.05, 4.69) is 5.32 Å². The zero-order chi connectivity index (χ0) is 26.6. The monoisotopic (exact) mass is 507 g/mol. The average Bonchev–Trinajstić information content (AvgIpc) is 2.81. The minimum atomic E-state index is -4.52. The molecule has 36 heavy (non-hydrogen) atoms. The number of anilines is 1. The molecule has 0 aliphatic heterocycles. The van der Waals surface area contributed by atoms with Crippen LogP contribution in [0.25, 0.3) is 0 Å². The molecule has 0 bridgehead atoms. The van der Waals surface area contributed by atoms with Crippen molar-refractivity contribution in [1.82, 2.24) is 0 Å². The minimum absolute atomic E-state index is 0.122. The van der Waals surface area contributed by atoms with Crippen LogP contribution in [0.1, 0.15) is 34.8 Å². The first kappa shape index (κ1) is 26.5. The summed E-state index contributed by atoms with van der Waals surface area (Å²) in [4.78, 5) is 25.7. The lowest BCUT2D eigenvalue weighted by Gasteiger charge is -2.21. The van der Waals surface area contributed by atoms with Crippen molar-refractivity contribution < 1.29 is 41.7 Å². The van der Waals surface area contributed by atoms with Gasteiger partial charge < -0.3 is 29.1 Å². The lowest BCUT2D eigenvalue weighted by molar-refractivity contribution is -0.137. The Morgan fingerprint density at radius 2 is 1.61 bits per heavy atom. The van der Waals surface area contributed by atoms with E-state index in [-0.39, 0.29) is 46.4 Å². The SMILES string of the molecule is COc1cc([C@H](CC(=O)Nc2ccc(C(F)(F)F)cc2)c2c(O)cc(C)oc2=O)cc(OC)c1OC. The van der Waals surface area contributed by atoms with E-state index in [0.29, 0.717) is 5.56 Å². The summed E-state index contributed by atoms with van der Waals surface area (Å²) in [6, 6.07) is 8.21. The zero-order valence-electron chi connectivity index (χ0n) is 19.9. The van der Waals surface area contributed by atoms with E-state index in [1.807, 2.05) is 0 Å². The summed E-state index contributed by atoms with van der Waals surface area (Å²) in [5.41, 5.74) is -1.42. The molecule has 1 amide bonds. The summed E-state index contributed by atoms with van der Waals surface area (Å²) in [5, 5.41) is 13.1. The van der Waals surface area contributed by atoms with Crippen LogP contribution in [0.3, 0.4) is 0 Å². The highest BCUT2D eigenvalue weighted by Gasteiger charge is 2.31. The number of hydrogen-bond acceptors (Lipinski definition) is 7. The van der Waals surface area contributed by atoms with Crippen LogP contribution in [-0.4, -0.2) is 32.3 Å². The van der Waals surface area contributed by atoms with Gasteiger partial charge in [0.05, 0.1) is 32.5 Å². The fourth-order valence-corrected chi connectivity index (χ4v) is 3.76. The molecule has 0 unspecified atom stereocenters. The smallest absolute Gasteiger partial charge is 0.416 e. The number of nitrogens with one attached hydrogen (secondary N) is 1. The van der Waals surface area contributed by atoms with Crippen molar-refractivity contribution in [1.29, 1.82) is 0 Å². The second-order valence-corrected chi connectivity index (χ2v) is 7.78. The van der Waals surface area contributed by atoms with E-state index >= 15 is 0 Å². The Morgan fingerprint density at radius 1 is 1.03 bits per heavy atom. The van der Waals surface area contributed by atoms with Crippen molar-refractivity contribution in [3.63, 3.8) is 0 Å². The van der Waals surface area contributed by atoms with Gasteiger partial charge in [-0.05, 0) is 48.9 Å². The van der Waals surface area contributed by atoms with Crippen LogP contribution in [-0.2, 0) is 11.0 Å². The van der Waals surface area contributed by atoms with Gasteiger partial charge in [-0.2, -0.15) is 13.2 Å². The van der Waals surface area contributed by atoms with Crippen molar-refractivity contribution >= 4 is 11.6 Å². The van der Waals surface area contributed by atoms with Crippen LogP contribution in [0.2, 0.25) is 0 Å². The number of hydrogen-bond donors (Lipinski definition) is 2. The second kappa shape index (κ2) is 10.6. The molecule has 3 aromatic rings. The fraction of sp³-hybridized carbons (Fsp3) is 0.280. The molecular weight excluding hydrogens is 483 g/mol. The number of amides is 1. The molecule has 192 valence electrons. The van der Waals surface area contributed by atoms with Gasteiger partial charge in [-0.3, -0.25) is 4.79 Å². The molecule has 2 aromatic carbocycles. The number of aryl methyl sites for hydroxylation is 1. The molecule has 11 heteroatoms. The number of aromatic hydroxyl groups is 1. The third-order valence-electron chi connectivity index (χ3n) is 5.41. The van der Waals surface area contributed by atoms with Crippen molar-refractivity contribution in [3.8, 4) is 23.0 Å². The lowest BCUT2D eigenvalue weighted by Crippen LogP contribution is -2.21. The van der Waals surface area contributed by atoms with Gasteiger partial charge in [0.25, 0.3) is 0 Å². The molecule has 0 aliphatic carbocycles. The summed E-state index contributed by atoms with van der Waals surface area (Å²) in [7, 11) is 4.20. The highest BCUT2D eigenvalue weighted by Crippen LogP contribution is 2.43. The maximum atomic E-state index is 12.9. The number of carbonyl (C=O) groups excluding carboxylic acids is 1. The van der Waals surface area contributed by atoms with Gasteiger partial charge in [0.1, 0.15) is 11.5 Å². The van der Waals surface area contributed by atoms with Gasteiger partial charge in [0.2, 0.25) is 11.7 Å². The van der Waals surface area contributed by atoms with Gasteiger partial charge in [0, 0.05) is 24.1 Å². The highest BCUT2D eigenvalue weighted by molar-refractivity contribution is 5.91.